The van der Waals surface area contributed by atoms with Crippen LogP contribution in [-0.4, -0.2) is 20.7 Å². The monoisotopic (exact) mass is 282 g/mol. The first-order valence-corrected chi connectivity index (χ1v) is 7.45. The zero-order chi connectivity index (χ0) is 14.7. The summed E-state index contributed by atoms with van der Waals surface area (Å²) in [5.41, 5.74) is 4.05. The van der Waals surface area contributed by atoms with Crippen LogP contribution in [0.5, 0.6) is 5.75 Å². The van der Waals surface area contributed by atoms with Crippen LogP contribution in [0.15, 0.2) is 48.5 Å². The number of fused-ring (bicyclic) bond motifs is 1. The number of nitrogens with one attached hydrogen (secondary N) is 1. The number of nitrogens with zero attached hydrogens (tertiary/aromatic N) is 1. The fraction of sp³-hybridized carbons (Fsp3) is 0.333. The van der Waals surface area contributed by atoms with E-state index in [4.69, 9.17) is 4.74 Å². The molecule has 1 aliphatic rings. The Morgan fingerprint density at radius 1 is 1.10 bits per heavy atom. The smallest absolute Gasteiger partial charge is 0.119 e. The lowest BCUT2D eigenvalue weighted by Gasteiger charge is -2.30. The van der Waals surface area contributed by atoms with E-state index in [9.17, 15) is 0 Å². The van der Waals surface area contributed by atoms with Gasteiger partial charge in [0.1, 0.15) is 5.75 Å². The van der Waals surface area contributed by atoms with Crippen molar-refractivity contribution in [2.75, 3.05) is 25.6 Å². The Kier molecular flexibility index (Phi) is 4.11. The molecule has 0 bridgehead atoms. The highest BCUT2D eigenvalue weighted by atomic mass is 16.5. The maximum absolute atomic E-state index is 5.24. The van der Waals surface area contributed by atoms with Crippen molar-refractivity contribution in [2.24, 2.45) is 0 Å². The minimum absolute atomic E-state index is 0.407. The first-order valence-electron chi connectivity index (χ1n) is 7.45. The van der Waals surface area contributed by atoms with Gasteiger partial charge in [-0.3, -0.25) is 0 Å². The molecule has 0 fully saturated rings. The van der Waals surface area contributed by atoms with Gasteiger partial charge in [0.05, 0.1) is 13.2 Å². The number of methoxy groups -OCH3 is 1. The Bertz CT molecular complexity index is 594. The minimum Gasteiger partial charge on any atom is -0.497 e. The lowest BCUT2D eigenvalue weighted by atomic mass is 9.98. The second-order valence-corrected chi connectivity index (χ2v) is 5.49. The third-order valence-corrected chi connectivity index (χ3v) is 4.27. The largest absolute Gasteiger partial charge is 0.497 e. The quantitative estimate of drug-likeness (QED) is 0.934. The second-order valence-electron chi connectivity index (χ2n) is 5.49. The molecule has 1 atom stereocenters. The number of hydrogen-bond donors (Lipinski definition) is 1. The molecular formula is C18H22N2O. The Morgan fingerprint density at radius 3 is 2.62 bits per heavy atom. The molecule has 2 aromatic carbocycles. The van der Waals surface area contributed by atoms with E-state index in [1.807, 2.05) is 12.1 Å². The molecule has 0 saturated carbocycles. The number of rotatable bonds is 3. The molecule has 3 heteroatoms. The number of hydrogen-bond acceptors (Lipinski definition) is 3. The van der Waals surface area contributed by atoms with Gasteiger partial charge in [-0.1, -0.05) is 24.3 Å². The molecular weight excluding hydrogens is 260 g/mol. The molecule has 0 aromatic heterocycles. The van der Waals surface area contributed by atoms with Gasteiger partial charge in [0.2, 0.25) is 0 Å². The molecule has 2 aromatic rings. The van der Waals surface area contributed by atoms with Crippen molar-refractivity contribution >= 4 is 5.69 Å². The summed E-state index contributed by atoms with van der Waals surface area (Å²) in [6.45, 7) is 2.00. The van der Waals surface area contributed by atoms with Gasteiger partial charge in [0.15, 0.2) is 0 Å². The first kappa shape index (κ1) is 14.0. The lowest BCUT2D eigenvalue weighted by molar-refractivity contribution is 0.415. The van der Waals surface area contributed by atoms with Crippen LogP contribution in [0.2, 0.25) is 0 Å². The molecule has 3 nitrogen and oxygen atoms in total. The minimum atomic E-state index is 0.407. The van der Waals surface area contributed by atoms with E-state index in [1.165, 1.54) is 16.8 Å². The average molecular weight is 282 g/mol. The number of benzene rings is 2. The van der Waals surface area contributed by atoms with Gasteiger partial charge in [0.25, 0.3) is 0 Å². The van der Waals surface area contributed by atoms with Crippen LogP contribution in [0.25, 0.3) is 0 Å². The Labute approximate surface area is 126 Å². The Balaban J connectivity index is 1.91. The average Bonchev–Trinajstić information content (AvgIpc) is 2.77. The zero-order valence-corrected chi connectivity index (χ0v) is 12.7. The van der Waals surface area contributed by atoms with Gasteiger partial charge in [-0.25, -0.2) is 0 Å². The lowest BCUT2D eigenvalue weighted by Crippen LogP contribution is -2.25. The molecule has 1 heterocycles. The van der Waals surface area contributed by atoms with E-state index in [2.05, 4.69) is 53.7 Å². The van der Waals surface area contributed by atoms with Crippen LogP contribution >= 0.6 is 0 Å². The second kappa shape index (κ2) is 6.19. The summed E-state index contributed by atoms with van der Waals surface area (Å²) in [7, 11) is 3.88. The molecule has 0 spiro atoms. The van der Waals surface area contributed by atoms with E-state index in [1.54, 1.807) is 7.11 Å². The highest BCUT2D eigenvalue weighted by Crippen LogP contribution is 2.32. The maximum Gasteiger partial charge on any atom is 0.119 e. The SMILES string of the molecule is COc1ccc(N(C)C2CCNCc3ccccc32)cc1. The predicted octanol–water partition coefficient (Wildman–Crippen LogP) is 3.37. The van der Waals surface area contributed by atoms with Gasteiger partial charge >= 0.3 is 0 Å². The highest BCUT2D eigenvalue weighted by Gasteiger charge is 2.22. The van der Waals surface area contributed by atoms with Gasteiger partial charge in [-0.15, -0.1) is 0 Å². The summed E-state index contributed by atoms with van der Waals surface area (Å²) in [5.74, 6) is 0.898. The third-order valence-electron chi connectivity index (χ3n) is 4.27. The molecule has 1 unspecified atom stereocenters. The third kappa shape index (κ3) is 2.88. The maximum atomic E-state index is 5.24. The van der Waals surface area contributed by atoms with Crippen molar-refractivity contribution in [3.05, 3.63) is 59.7 Å². The van der Waals surface area contributed by atoms with Crippen molar-refractivity contribution in [1.82, 2.24) is 5.32 Å². The standard InChI is InChI=1S/C18H22N2O/c1-20(15-7-9-16(21-2)10-8-15)18-11-12-19-13-14-5-3-4-6-17(14)18/h3-10,18-19H,11-13H2,1-2H3. The summed E-state index contributed by atoms with van der Waals surface area (Å²) in [4.78, 5) is 2.37. The van der Waals surface area contributed by atoms with Crippen molar-refractivity contribution in [3.8, 4) is 5.75 Å². The molecule has 110 valence electrons. The molecule has 1 N–H and O–H groups in total. The number of anilines is 1. The predicted molar refractivity (Wildman–Crippen MR) is 86.9 cm³/mol. The topological polar surface area (TPSA) is 24.5 Å². The molecule has 0 amide bonds. The van der Waals surface area contributed by atoms with Gasteiger partial charge < -0.3 is 15.0 Å². The van der Waals surface area contributed by atoms with Gasteiger partial charge in [-0.05, 0) is 48.4 Å². The summed E-state index contributed by atoms with van der Waals surface area (Å²) < 4.78 is 5.24. The van der Waals surface area contributed by atoms with Crippen LogP contribution in [0.1, 0.15) is 23.6 Å². The molecule has 0 saturated heterocycles. The van der Waals surface area contributed by atoms with Crippen LogP contribution in [0.4, 0.5) is 5.69 Å². The Hall–Kier alpha value is -2.00. The van der Waals surface area contributed by atoms with Gasteiger partial charge in [0, 0.05) is 19.3 Å². The van der Waals surface area contributed by atoms with E-state index >= 15 is 0 Å². The number of ether oxygens (including phenoxy) is 1. The molecule has 3 rings (SSSR count). The van der Waals surface area contributed by atoms with E-state index < -0.39 is 0 Å². The normalized spacial score (nSPS) is 17.7. The Morgan fingerprint density at radius 2 is 1.86 bits per heavy atom. The molecule has 21 heavy (non-hydrogen) atoms. The van der Waals surface area contributed by atoms with E-state index in [0.717, 1.165) is 25.3 Å². The first-order chi connectivity index (χ1) is 10.3. The van der Waals surface area contributed by atoms with Crippen molar-refractivity contribution in [3.63, 3.8) is 0 Å². The highest BCUT2D eigenvalue weighted by molar-refractivity contribution is 5.51. The van der Waals surface area contributed by atoms with Crippen molar-refractivity contribution in [1.29, 1.82) is 0 Å². The molecule has 0 radical (unpaired) electrons. The molecule has 0 aliphatic carbocycles. The van der Waals surface area contributed by atoms with Crippen molar-refractivity contribution < 1.29 is 4.74 Å². The summed E-state index contributed by atoms with van der Waals surface area (Å²) in [5, 5.41) is 3.51. The summed E-state index contributed by atoms with van der Waals surface area (Å²) in [6.07, 6.45) is 1.11. The fourth-order valence-corrected chi connectivity index (χ4v) is 3.04. The van der Waals surface area contributed by atoms with Crippen LogP contribution < -0.4 is 15.0 Å². The van der Waals surface area contributed by atoms with Crippen molar-refractivity contribution in [2.45, 2.75) is 19.0 Å². The van der Waals surface area contributed by atoms with Crippen LogP contribution in [-0.2, 0) is 6.54 Å². The van der Waals surface area contributed by atoms with Gasteiger partial charge in [-0.2, -0.15) is 0 Å². The summed E-state index contributed by atoms with van der Waals surface area (Å²) >= 11 is 0. The van der Waals surface area contributed by atoms with E-state index in [0.29, 0.717) is 6.04 Å². The van der Waals surface area contributed by atoms with E-state index in [-0.39, 0.29) is 0 Å². The fourth-order valence-electron chi connectivity index (χ4n) is 3.04. The zero-order valence-electron chi connectivity index (χ0n) is 12.7. The van der Waals surface area contributed by atoms with Crippen LogP contribution in [0.3, 0.4) is 0 Å². The van der Waals surface area contributed by atoms with Crippen LogP contribution in [0, 0.1) is 0 Å². The molecule has 1 aliphatic heterocycles. The summed E-state index contributed by atoms with van der Waals surface area (Å²) in [6, 6.07) is 17.4.